The van der Waals surface area contributed by atoms with Gasteiger partial charge in [0.2, 0.25) is 0 Å². The third-order valence-electron chi connectivity index (χ3n) is 3.45. The van der Waals surface area contributed by atoms with Crippen LogP contribution in [0, 0.1) is 0 Å². The molecule has 4 nitrogen and oxygen atoms in total. The quantitative estimate of drug-likeness (QED) is 0.695. The Bertz CT molecular complexity index is 747. The van der Waals surface area contributed by atoms with E-state index in [4.69, 9.17) is 4.74 Å². The summed E-state index contributed by atoms with van der Waals surface area (Å²) in [5.74, 6) is 0.836. The minimum absolute atomic E-state index is 0.371. The predicted octanol–water partition coefficient (Wildman–Crippen LogP) is 3.01. The molecule has 0 fully saturated rings. The highest BCUT2D eigenvalue weighted by Gasteiger charge is 2.21. The second kappa shape index (κ2) is 5.33. The minimum atomic E-state index is -1.43. The van der Waals surface area contributed by atoms with E-state index in [1.54, 1.807) is 0 Å². The molecule has 0 N–H and O–H groups in total. The molecule has 0 atom stereocenters. The van der Waals surface area contributed by atoms with Gasteiger partial charge in [-0.05, 0) is 23.4 Å². The van der Waals surface area contributed by atoms with Crippen molar-refractivity contribution in [3.8, 4) is 5.75 Å². The molecule has 0 radical (unpaired) electrons. The number of para-hydroxylation sites is 1. The first-order chi connectivity index (χ1) is 10.1. The molecule has 3 aromatic rings. The van der Waals surface area contributed by atoms with Crippen LogP contribution in [0.1, 0.15) is 0 Å². The zero-order valence-corrected chi connectivity index (χ0v) is 13.6. The number of aromatic nitrogens is 3. The van der Waals surface area contributed by atoms with Crippen LogP contribution in [0.4, 0.5) is 0 Å². The molecule has 0 saturated carbocycles. The third kappa shape index (κ3) is 2.83. The standard InChI is InChI=1S/C16H19N3OSi/c1-21(2,3)15-11-7-10-14-16(15)17-18-19(14)12-20-13-8-5-4-6-9-13/h4-11H,12H2,1-3H3. The number of rotatable bonds is 4. The van der Waals surface area contributed by atoms with E-state index in [1.165, 1.54) is 5.19 Å². The van der Waals surface area contributed by atoms with E-state index < -0.39 is 8.07 Å². The Kier molecular flexibility index (Phi) is 3.51. The van der Waals surface area contributed by atoms with Crippen LogP contribution in [0.15, 0.2) is 48.5 Å². The zero-order chi connectivity index (χ0) is 14.9. The molecule has 0 aliphatic rings. The average Bonchev–Trinajstić information content (AvgIpc) is 2.88. The summed E-state index contributed by atoms with van der Waals surface area (Å²) in [6, 6.07) is 16.1. The van der Waals surface area contributed by atoms with Crippen LogP contribution in [-0.2, 0) is 6.73 Å². The summed E-state index contributed by atoms with van der Waals surface area (Å²) in [5, 5.41) is 9.95. The normalized spacial score (nSPS) is 11.8. The van der Waals surface area contributed by atoms with Gasteiger partial charge in [-0.15, -0.1) is 5.10 Å². The van der Waals surface area contributed by atoms with Crippen molar-refractivity contribution in [2.75, 3.05) is 0 Å². The van der Waals surface area contributed by atoms with Gasteiger partial charge in [-0.25, -0.2) is 4.68 Å². The smallest absolute Gasteiger partial charge is 0.183 e. The van der Waals surface area contributed by atoms with Gasteiger partial charge in [-0.2, -0.15) is 0 Å². The van der Waals surface area contributed by atoms with Crippen LogP contribution in [0.25, 0.3) is 11.0 Å². The van der Waals surface area contributed by atoms with Gasteiger partial charge in [-0.1, -0.05) is 55.2 Å². The first-order valence-electron chi connectivity index (χ1n) is 7.06. The SMILES string of the molecule is C[Si](C)(C)c1cccc2c1nnn2COc1ccccc1. The van der Waals surface area contributed by atoms with E-state index in [2.05, 4.69) is 42.1 Å². The summed E-state index contributed by atoms with van der Waals surface area (Å²) in [5.41, 5.74) is 2.04. The first-order valence-corrected chi connectivity index (χ1v) is 10.6. The molecule has 3 rings (SSSR count). The molecular weight excluding hydrogens is 278 g/mol. The van der Waals surface area contributed by atoms with Crippen molar-refractivity contribution < 1.29 is 4.74 Å². The Hall–Kier alpha value is -2.14. The van der Waals surface area contributed by atoms with Gasteiger partial charge in [0.25, 0.3) is 0 Å². The molecular formula is C16H19N3OSi. The molecule has 5 heteroatoms. The molecule has 0 aliphatic carbocycles. The Morgan fingerprint density at radius 1 is 1.00 bits per heavy atom. The van der Waals surface area contributed by atoms with E-state index in [0.29, 0.717) is 6.73 Å². The largest absolute Gasteiger partial charge is 0.471 e. The van der Waals surface area contributed by atoms with Crippen LogP contribution in [0.2, 0.25) is 19.6 Å². The number of hydrogen-bond donors (Lipinski definition) is 0. The lowest BCUT2D eigenvalue weighted by Crippen LogP contribution is -2.38. The summed E-state index contributed by atoms with van der Waals surface area (Å²) in [7, 11) is -1.43. The van der Waals surface area contributed by atoms with Gasteiger partial charge in [0.15, 0.2) is 6.73 Å². The van der Waals surface area contributed by atoms with E-state index in [1.807, 2.05) is 41.1 Å². The van der Waals surface area contributed by atoms with Crippen molar-refractivity contribution >= 4 is 24.3 Å². The molecule has 0 bridgehead atoms. The summed E-state index contributed by atoms with van der Waals surface area (Å²) in [4.78, 5) is 0. The number of ether oxygens (including phenoxy) is 1. The molecule has 108 valence electrons. The van der Waals surface area contributed by atoms with Gasteiger partial charge in [0.05, 0.1) is 13.6 Å². The van der Waals surface area contributed by atoms with Gasteiger partial charge in [0.1, 0.15) is 11.3 Å². The van der Waals surface area contributed by atoms with Crippen molar-refractivity contribution in [3.05, 3.63) is 48.5 Å². The highest BCUT2D eigenvalue weighted by Crippen LogP contribution is 2.15. The molecule has 0 unspecified atom stereocenters. The molecule has 0 amide bonds. The third-order valence-corrected chi connectivity index (χ3v) is 5.47. The summed E-state index contributed by atoms with van der Waals surface area (Å²) in [6.45, 7) is 7.33. The molecule has 1 heterocycles. The maximum Gasteiger partial charge on any atom is 0.183 e. The monoisotopic (exact) mass is 297 g/mol. The highest BCUT2D eigenvalue weighted by atomic mass is 28.3. The summed E-state index contributed by atoms with van der Waals surface area (Å²) < 4.78 is 7.57. The number of hydrogen-bond acceptors (Lipinski definition) is 3. The van der Waals surface area contributed by atoms with Gasteiger partial charge < -0.3 is 4.74 Å². The Balaban J connectivity index is 1.91. The van der Waals surface area contributed by atoms with E-state index >= 15 is 0 Å². The van der Waals surface area contributed by atoms with Gasteiger partial charge >= 0.3 is 0 Å². The molecule has 0 aliphatic heterocycles. The first kappa shape index (κ1) is 13.8. The highest BCUT2D eigenvalue weighted by molar-refractivity contribution is 6.90. The van der Waals surface area contributed by atoms with E-state index in [0.717, 1.165) is 16.8 Å². The Labute approximate surface area is 125 Å². The minimum Gasteiger partial charge on any atom is -0.471 e. The van der Waals surface area contributed by atoms with Crippen LogP contribution >= 0.6 is 0 Å². The average molecular weight is 297 g/mol. The van der Waals surface area contributed by atoms with Gasteiger partial charge in [0, 0.05) is 0 Å². The fraction of sp³-hybridized carbons (Fsp3) is 0.250. The van der Waals surface area contributed by atoms with Crippen LogP contribution in [0.5, 0.6) is 5.75 Å². The Morgan fingerprint density at radius 3 is 2.48 bits per heavy atom. The van der Waals surface area contributed by atoms with Crippen LogP contribution < -0.4 is 9.92 Å². The lowest BCUT2D eigenvalue weighted by Gasteiger charge is -2.16. The van der Waals surface area contributed by atoms with Crippen molar-refractivity contribution in [2.45, 2.75) is 26.4 Å². The Morgan fingerprint density at radius 2 is 1.76 bits per heavy atom. The summed E-state index contributed by atoms with van der Waals surface area (Å²) in [6.07, 6.45) is 0. The molecule has 21 heavy (non-hydrogen) atoms. The lowest BCUT2D eigenvalue weighted by molar-refractivity contribution is 0.223. The fourth-order valence-corrected chi connectivity index (χ4v) is 3.83. The van der Waals surface area contributed by atoms with Crippen molar-refractivity contribution in [2.24, 2.45) is 0 Å². The molecule has 0 saturated heterocycles. The predicted molar refractivity (Wildman–Crippen MR) is 87.6 cm³/mol. The maximum atomic E-state index is 5.76. The number of nitrogens with zero attached hydrogens (tertiary/aromatic N) is 3. The zero-order valence-electron chi connectivity index (χ0n) is 12.6. The number of benzene rings is 2. The second-order valence-corrected chi connectivity index (χ2v) is 11.1. The van der Waals surface area contributed by atoms with Crippen molar-refractivity contribution in [1.82, 2.24) is 15.0 Å². The van der Waals surface area contributed by atoms with Gasteiger partial charge in [-0.3, -0.25) is 0 Å². The number of fused-ring (bicyclic) bond motifs is 1. The van der Waals surface area contributed by atoms with Crippen LogP contribution in [-0.4, -0.2) is 23.1 Å². The molecule has 1 aromatic heterocycles. The maximum absolute atomic E-state index is 5.76. The van der Waals surface area contributed by atoms with Crippen molar-refractivity contribution in [1.29, 1.82) is 0 Å². The fourth-order valence-electron chi connectivity index (χ4n) is 2.34. The molecule has 0 spiro atoms. The van der Waals surface area contributed by atoms with Crippen LogP contribution in [0.3, 0.4) is 0 Å². The lowest BCUT2D eigenvalue weighted by atomic mass is 10.3. The van der Waals surface area contributed by atoms with E-state index in [9.17, 15) is 0 Å². The molecule has 2 aromatic carbocycles. The van der Waals surface area contributed by atoms with E-state index in [-0.39, 0.29) is 0 Å². The topological polar surface area (TPSA) is 39.9 Å². The van der Waals surface area contributed by atoms with Crippen molar-refractivity contribution in [3.63, 3.8) is 0 Å². The summed E-state index contributed by atoms with van der Waals surface area (Å²) >= 11 is 0. The second-order valence-electron chi connectivity index (χ2n) is 6.10.